The van der Waals surface area contributed by atoms with E-state index in [1.807, 2.05) is 18.0 Å². The van der Waals surface area contributed by atoms with Crippen LogP contribution in [-0.2, 0) is 16.0 Å². The molecular weight excluding hydrogens is 455 g/mol. The fourth-order valence-electron chi connectivity index (χ4n) is 8.06. The number of carbonyl (C=O) groups excluding carboxylic acids is 2. The van der Waals surface area contributed by atoms with Crippen LogP contribution in [0.3, 0.4) is 0 Å². The predicted molar refractivity (Wildman–Crippen MR) is 132 cm³/mol. The van der Waals surface area contributed by atoms with E-state index in [9.17, 15) is 9.59 Å². The quantitative estimate of drug-likeness (QED) is 0.596. The number of fused-ring (bicyclic) bond motifs is 5. The molecule has 5 rings (SSSR count). The van der Waals surface area contributed by atoms with Gasteiger partial charge in [-0.1, -0.05) is 49.2 Å². The summed E-state index contributed by atoms with van der Waals surface area (Å²) < 4.78 is 0. The van der Waals surface area contributed by atoms with E-state index in [0.717, 1.165) is 31.2 Å². The molecule has 6 heteroatoms. The second-order valence-electron chi connectivity index (χ2n) is 11.3. The van der Waals surface area contributed by atoms with Crippen molar-refractivity contribution in [2.75, 3.05) is 7.05 Å². The number of hydrogen-bond acceptors (Lipinski definition) is 2. The van der Waals surface area contributed by atoms with Crippen LogP contribution in [0.4, 0.5) is 0 Å². The summed E-state index contributed by atoms with van der Waals surface area (Å²) >= 11 is 12.3. The van der Waals surface area contributed by atoms with Crippen LogP contribution < -0.4 is 5.32 Å². The minimum atomic E-state index is 0.0410. The first-order valence-corrected chi connectivity index (χ1v) is 13.1. The van der Waals surface area contributed by atoms with Crippen molar-refractivity contribution in [2.45, 2.75) is 70.9 Å². The van der Waals surface area contributed by atoms with Crippen LogP contribution in [0.15, 0.2) is 30.4 Å². The van der Waals surface area contributed by atoms with E-state index in [2.05, 4.69) is 25.2 Å². The Morgan fingerprint density at radius 2 is 1.91 bits per heavy atom. The van der Waals surface area contributed by atoms with Gasteiger partial charge in [0.1, 0.15) is 0 Å². The monoisotopic (exact) mass is 488 g/mol. The smallest absolute Gasteiger partial charge is 0.246 e. The molecule has 1 aromatic rings. The fraction of sp³-hybridized carbons (Fsp3) is 0.630. The topological polar surface area (TPSA) is 49.4 Å². The highest BCUT2D eigenvalue weighted by atomic mass is 35.5. The van der Waals surface area contributed by atoms with Gasteiger partial charge < -0.3 is 10.2 Å². The Bertz CT molecular complexity index is 1010. The van der Waals surface area contributed by atoms with Gasteiger partial charge in [-0.2, -0.15) is 0 Å². The number of rotatable bonds is 3. The lowest BCUT2D eigenvalue weighted by Crippen LogP contribution is -2.60. The lowest BCUT2D eigenvalue weighted by molar-refractivity contribution is -0.138. The summed E-state index contributed by atoms with van der Waals surface area (Å²) in [6.45, 7) is 4.78. The molecule has 1 N–H and O–H groups in total. The molecule has 2 amide bonds. The summed E-state index contributed by atoms with van der Waals surface area (Å²) in [4.78, 5) is 27.2. The molecule has 1 aliphatic heterocycles. The average molecular weight is 489 g/mol. The molecule has 33 heavy (non-hydrogen) atoms. The van der Waals surface area contributed by atoms with Gasteiger partial charge in [0.25, 0.3) is 0 Å². The molecule has 0 saturated heterocycles. The van der Waals surface area contributed by atoms with Gasteiger partial charge in [0.05, 0.1) is 6.42 Å². The van der Waals surface area contributed by atoms with Crippen LogP contribution in [0.25, 0.3) is 0 Å². The number of benzene rings is 1. The normalized spacial score (nSPS) is 39.6. The highest BCUT2D eigenvalue weighted by Gasteiger charge is 2.60. The molecule has 3 aliphatic carbocycles. The highest BCUT2D eigenvalue weighted by Crippen LogP contribution is 2.63. The number of halogens is 2. The van der Waals surface area contributed by atoms with E-state index < -0.39 is 0 Å². The Morgan fingerprint density at radius 1 is 1.12 bits per heavy atom. The molecule has 0 bridgehead atoms. The fourth-order valence-corrected chi connectivity index (χ4v) is 8.53. The van der Waals surface area contributed by atoms with Crippen molar-refractivity contribution in [2.24, 2.45) is 28.6 Å². The molecule has 3 fully saturated rings. The maximum absolute atomic E-state index is 13.0. The number of likely N-dealkylation sites (N-methyl/N-ethyl adjacent to an activating group) is 1. The summed E-state index contributed by atoms with van der Waals surface area (Å²) in [6, 6.07) is 5.83. The second kappa shape index (κ2) is 8.30. The second-order valence-corrected chi connectivity index (χ2v) is 12.1. The zero-order valence-electron chi connectivity index (χ0n) is 19.7. The molecule has 4 nitrogen and oxygen atoms in total. The Labute approximate surface area is 207 Å². The third-order valence-corrected chi connectivity index (χ3v) is 10.4. The third-order valence-electron chi connectivity index (χ3n) is 9.83. The summed E-state index contributed by atoms with van der Waals surface area (Å²) in [5.41, 5.74) is 1.000. The van der Waals surface area contributed by atoms with Crippen LogP contribution in [0.1, 0.15) is 57.9 Å². The van der Waals surface area contributed by atoms with Crippen LogP contribution >= 0.6 is 23.2 Å². The maximum Gasteiger partial charge on any atom is 0.246 e. The van der Waals surface area contributed by atoms with Gasteiger partial charge in [0.15, 0.2) is 0 Å². The third kappa shape index (κ3) is 3.72. The van der Waals surface area contributed by atoms with E-state index in [0.29, 0.717) is 33.8 Å². The molecule has 3 saturated carbocycles. The first-order chi connectivity index (χ1) is 15.6. The molecular formula is C27H34Cl2N2O2. The Hall–Kier alpha value is -1.52. The molecule has 1 heterocycles. The summed E-state index contributed by atoms with van der Waals surface area (Å²) in [5, 5.41) is 4.51. The Morgan fingerprint density at radius 3 is 2.67 bits per heavy atom. The number of nitrogens with zero attached hydrogens (tertiary/aromatic N) is 1. The van der Waals surface area contributed by atoms with Gasteiger partial charge in [-0.25, -0.2) is 0 Å². The number of hydrogen-bond donors (Lipinski definition) is 1. The largest absolute Gasteiger partial charge is 0.353 e. The van der Waals surface area contributed by atoms with Gasteiger partial charge >= 0.3 is 0 Å². The molecule has 0 radical (unpaired) electrons. The standard InChI is InChI=1S/C27H34Cl2N2O2/c1-26-12-10-20-18(6-9-23-27(20,2)13-11-25(33)31(23)3)19(26)7-8-22(26)30-24(32)14-16-4-5-17(28)15-21(16)29/h4-5,11,13,15,18-20,22-23H,6-10,12,14H2,1-3H3,(H,30,32)/t18-,19-,20-,22-,23+,26-,27+/m0/s1. The number of carbonyl (C=O) groups is 2. The lowest BCUT2D eigenvalue weighted by Gasteiger charge is -2.60. The Kier molecular flexibility index (Phi) is 5.85. The van der Waals surface area contributed by atoms with E-state index in [1.165, 1.54) is 12.8 Å². The first-order valence-electron chi connectivity index (χ1n) is 12.3. The molecule has 1 aromatic carbocycles. The number of nitrogens with one attached hydrogen (secondary N) is 1. The van der Waals surface area contributed by atoms with Crippen molar-refractivity contribution in [3.8, 4) is 0 Å². The predicted octanol–water partition coefficient (Wildman–Crippen LogP) is 5.66. The zero-order chi connectivity index (χ0) is 23.5. The van der Waals surface area contributed by atoms with Crippen LogP contribution in [0, 0.1) is 28.6 Å². The van der Waals surface area contributed by atoms with Crippen LogP contribution in [0.2, 0.25) is 10.0 Å². The molecule has 0 aromatic heterocycles. The van der Waals surface area contributed by atoms with Crippen molar-refractivity contribution < 1.29 is 9.59 Å². The van der Waals surface area contributed by atoms with Gasteiger partial charge in [-0.3, -0.25) is 9.59 Å². The SMILES string of the molecule is CN1C(=O)C=C[C@]2(C)[C@H]3CC[C@]4(C)[C@@H](NC(=O)Cc5ccc(Cl)cc5Cl)CC[C@H]4[C@@H]3CC[C@@H]12. The van der Waals surface area contributed by atoms with E-state index in [4.69, 9.17) is 23.2 Å². The highest BCUT2D eigenvalue weighted by molar-refractivity contribution is 6.35. The van der Waals surface area contributed by atoms with Crippen molar-refractivity contribution in [3.63, 3.8) is 0 Å². The summed E-state index contributed by atoms with van der Waals surface area (Å²) in [7, 11) is 1.97. The Balaban J connectivity index is 1.31. The average Bonchev–Trinajstić information content (AvgIpc) is 3.09. The van der Waals surface area contributed by atoms with Gasteiger partial charge in [-0.15, -0.1) is 0 Å². The maximum atomic E-state index is 13.0. The van der Waals surface area contributed by atoms with Crippen molar-refractivity contribution >= 4 is 35.0 Å². The van der Waals surface area contributed by atoms with E-state index >= 15 is 0 Å². The minimum absolute atomic E-state index is 0.0410. The van der Waals surface area contributed by atoms with E-state index in [1.54, 1.807) is 18.2 Å². The zero-order valence-corrected chi connectivity index (χ0v) is 21.3. The molecule has 0 unspecified atom stereocenters. The van der Waals surface area contributed by atoms with Crippen LogP contribution in [0.5, 0.6) is 0 Å². The van der Waals surface area contributed by atoms with Gasteiger partial charge in [-0.05, 0) is 85.5 Å². The van der Waals surface area contributed by atoms with E-state index in [-0.39, 0.29) is 35.1 Å². The van der Waals surface area contributed by atoms with Crippen LogP contribution in [-0.4, -0.2) is 35.8 Å². The van der Waals surface area contributed by atoms with Gasteiger partial charge in [0, 0.05) is 34.6 Å². The molecule has 4 aliphatic rings. The summed E-state index contributed by atoms with van der Waals surface area (Å²) in [6.07, 6.45) is 11.1. The van der Waals surface area contributed by atoms with Crippen molar-refractivity contribution in [1.82, 2.24) is 10.2 Å². The molecule has 178 valence electrons. The lowest BCUT2D eigenvalue weighted by atomic mass is 9.48. The molecule has 0 spiro atoms. The summed E-state index contributed by atoms with van der Waals surface area (Å²) in [5.74, 6) is 2.06. The number of amides is 2. The van der Waals surface area contributed by atoms with Crippen molar-refractivity contribution in [1.29, 1.82) is 0 Å². The molecule has 7 atom stereocenters. The first kappa shape index (κ1) is 23.2. The van der Waals surface area contributed by atoms with Gasteiger partial charge in [0.2, 0.25) is 11.8 Å². The minimum Gasteiger partial charge on any atom is -0.353 e. The van der Waals surface area contributed by atoms with Crippen molar-refractivity contribution in [3.05, 3.63) is 46.0 Å².